The Bertz CT molecular complexity index is 707. The van der Waals surface area contributed by atoms with Crippen LogP contribution >= 0.6 is 0 Å². The van der Waals surface area contributed by atoms with Gasteiger partial charge in [0.2, 0.25) is 0 Å². The largest absolute Gasteiger partial charge is 0.349 e. The molecule has 1 heterocycles. The fraction of sp³-hybridized carbons (Fsp3) is 0.381. The van der Waals surface area contributed by atoms with Crippen molar-refractivity contribution in [1.29, 1.82) is 0 Å². The molecule has 0 bridgehead atoms. The standard InChI is InChI=1S/C21H24N2O/c24-21(22-20-14-19(20)17-8-2-1-3-9-17)18-10-6-7-16(13-18)15-23-11-4-5-12-23/h1-3,6-10,13,19-20H,4-5,11-12,14-15H2,(H,22,24)/t19-,20+/m0/s1. The van der Waals surface area contributed by atoms with Crippen molar-refractivity contribution >= 4 is 5.91 Å². The van der Waals surface area contributed by atoms with Crippen molar-refractivity contribution in [2.24, 2.45) is 0 Å². The monoisotopic (exact) mass is 320 g/mol. The molecule has 2 aliphatic rings. The van der Waals surface area contributed by atoms with Crippen LogP contribution in [0.25, 0.3) is 0 Å². The maximum absolute atomic E-state index is 12.5. The van der Waals surface area contributed by atoms with Crippen LogP contribution in [0.4, 0.5) is 0 Å². The summed E-state index contributed by atoms with van der Waals surface area (Å²) in [7, 11) is 0. The van der Waals surface area contributed by atoms with Crippen molar-refractivity contribution in [2.75, 3.05) is 13.1 Å². The summed E-state index contributed by atoms with van der Waals surface area (Å²) in [6.07, 6.45) is 3.63. The molecular weight excluding hydrogens is 296 g/mol. The van der Waals surface area contributed by atoms with Crippen LogP contribution < -0.4 is 5.32 Å². The van der Waals surface area contributed by atoms with Crippen molar-refractivity contribution in [2.45, 2.75) is 37.8 Å². The maximum Gasteiger partial charge on any atom is 0.251 e. The first-order valence-electron chi connectivity index (χ1n) is 8.97. The minimum Gasteiger partial charge on any atom is -0.349 e. The Morgan fingerprint density at radius 2 is 1.83 bits per heavy atom. The molecule has 1 saturated heterocycles. The third-order valence-electron chi connectivity index (χ3n) is 5.13. The van der Waals surface area contributed by atoms with Gasteiger partial charge in [-0.1, -0.05) is 42.5 Å². The van der Waals surface area contributed by atoms with E-state index >= 15 is 0 Å². The molecule has 1 N–H and O–H groups in total. The van der Waals surface area contributed by atoms with Crippen molar-refractivity contribution in [3.63, 3.8) is 0 Å². The van der Waals surface area contributed by atoms with Gasteiger partial charge in [-0.3, -0.25) is 9.69 Å². The lowest BCUT2D eigenvalue weighted by molar-refractivity contribution is 0.0950. The molecule has 3 nitrogen and oxygen atoms in total. The van der Waals surface area contributed by atoms with Crippen molar-refractivity contribution in [3.8, 4) is 0 Å². The van der Waals surface area contributed by atoms with E-state index in [2.05, 4.69) is 40.5 Å². The number of hydrogen-bond donors (Lipinski definition) is 1. The lowest BCUT2D eigenvalue weighted by atomic mass is 10.1. The fourth-order valence-corrected chi connectivity index (χ4v) is 3.68. The van der Waals surface area contributed by atoms with Crippen LogP contribution in [-0.4, -0.2) is 29.9 Å². The molecule has 2 atom stereocenters. The van der Waals surface area contributed by atoms with E-state index < -0.39 is 0 Å². The van der Waals surface area contributed by atoms with Crippen LogP contribution in [0.1, 0.15) is 46.7 Å². The zero-order valence-electron chi connectivity index (χ0n) is 13.9. The van der Waals surface area contributed by atoms with E-state index in [1.165, 1.54) is 37.1 Å². The normalized spacial score (nSPS) is 23.2. The Balaban J connectivity index is 1.36. The maximum atomic E-state index is 12.5. The van der Waals surface area contributed by atoms with E-state index in [0.717, 1.165) is 18.5 Å². The molecule has 2 aromatic rings. The van der Waals surface area contributed by atoms with Gasteiger partial charge < -0.3 is 5.32 Å². The third-order valence-corrected chi connectivity index (χ3v) is 5.13. The van der Waals surface area contributed by atoms with Crippen LogP contribution in [0, 0.1) is 0 Å². The first-order chi connectivity index (χ1) is 11.8. The molecule has 1 saturated carbocycles. The summed E-state index contributed by atoms with van der Waals surface area (Å²) in [6.45, 7) is 3.31. The van der Waals surface area contributed by atoms with Gasteiger partial charge in [0.05, 0.1) is 0 Å². The Morgan fingerprint density at radius 3 is 2.62 bits per heavy atom. The first kappa shape index (κ1) is 15.4. The van der Waals surface area contributed by atoms with Crippen molar-refractivity contribution in [3.05, 3.63) is 71.3 Å². The second kappa shape index (κ2) is 6.78. The predicted molar refractivity (Wildman–Crippen MR) is 96.0 cm³/mol. The number of benzene rings is 2. The van der Waals surface area contributed by atoms with Crippen molar-refractivity contribution in [1.82, 2.24) is 10.2 Å². The quantitative estimate of drug-likeness (QED) is 0.913. The van der Waals surface area contributed by atoms with E-state index in [4.69, 9.17) is 0 Å². The van der Waals surface area contributed by atoms with Gasteiger partial charge in [-0.2, -0.15) is 0 Å². The highest BCUT2D eigenvalue weighted by atomic mass is 16.1. The van der Waals surface area contributed by atoms with Gasteiger partial charge >= 0.3 is 0 Å². The number of nitrogens with zero attached hydrogens (tertiary/aromatic N) is 1. The van der Waals surface area contributed by atoms with Gasteiger partial charge in [0.15, 0.2) is 0 Å². The number of nitrogens with one attached hydrogen (secondary N) is 1. The molecule has 1 amide bonds. The topological polar surface area (TPSA) is 32.3 Å². The number of rotatable bonds is 5. The smallest absolute Gasteiger partial charge is 0.251 e. The highest BCUT2D eigenvalue weighted by Gasteiger charge is 2.39. The molecule has 0 aromatic heterocycles. The van der Waals surface area contributed by atoms with Gasteiger partial charge in [0.1, 0.15) is 0 Å². The molecule has 4 rings (SSSR count). The average Bonchev–Trinajstić information content (AvgIpc) is 3.19. The highest BCUT2D eigenvalue weighted by molar-refractivity contribution is 5.94. The summed E-state index contributed by atoms with van der Waals surface area (Å²) in [5, 5.41) is 3.19. The molecule has 3 heteroatoms. The molecular formula is C21H24N2O. The van der Waals surface area contributed by atoms with E-state index in [1.807, 2.05) is 24.3 Å². The average molecular weight is 320 g/mol. The molecule has 124 valence electrons. The Morgan fingerprint density at radius 1 is 1.04 bits per heavy atom. The van der Waals surface area contributed by atoms with Gasteiger partial charge in [-0.25, -0.2) is 0 Å². The highest BCUT2D eigenvalue weighted by Crippen LogP contribution is 2.40. The van der Waals surface area contributed by atoms with Crippen LogP contribution in [0.5, 0.6) is 0 Å². The summed E-state index contributed by atoms with van der Waals surface area (Å²) in [5.74, 6) is 0.532. The summed E-state index contributed by atoms with van der Waals surface area (Å²) in [6, 6.07) is 18.8. The fourth-order valence-electron chi connectivity index (χ4n) is 3.68. The number of hydrogen-bond acceptors (Lipinski definition) is 2. The summed E-state index contributed by atoms with van der Waals surface area (Å²) < 4.78 is 0. The van der Waals surface area contributed by atoms with Crippen LogP contribution in [0.2, 0.25) is 0 Å². The second-order valence-corrected chi connectivity index (χ2v) is 7.02. The molecule has 2 aromatic carbocycles. The second-order valence-electron chi connectivity index (χ2n) is 7.02. The SMILES string of the molecule is O=C(N[C@@H]1C[C@H]1c1ccccc1)c1cccc(CN2CCCC2)c1. The molecule has 0 radical (unpaired) electrons. The van der Waals surface area contributed by atoms with Crippen molar-refractivity contribution < 1.29 is 4.79 Å². The molecule has 24 heavy (non-hydrogen) atoms. The predicted octanol–water partition coefficient (Wildman–Crippen LogP) is 3.57. The molecule has 1 aliphatic carbocycles. The number of likely N-dealkylation sites (tertiary alicyclic amines) is 1. The molecule has 0 spiro atoms. The Kier molecular flexibility index (Phi) is 4.35. The minimum absolute atomic E-state index is 0.0571. The Labute approximate surface area is 143 Å². The third kappa shape index (κ3) is 3.51. The zero-order chi connectivity index (χ0) is 16.4. The molecule has 0 unspecified atom stereocenters. The van der Waals surface area contributed by atoms with E-state index in [9.17, 15) is 4.79 Å². The molecule has 2 fully saturated rings. The van der Waals surface area contributed by atoms with E-state index in [-0.39, 0.29) is 11.9 Å². The lowest BCUT2D eigenvalue weighted by Crippen LogP contribution is -2.27. The van der Waals surface area contributed by atoms with Gasteiger partial charge in [-0.05, 0) is 55.6 Å². The molecule has 1 aliphatic heterocycles. The number of amides is 1. The van der Waals surface area contributed by atoms with E-state index in [0.29, 0.717) is 5.92 Å². The minimum atomic E-state index is 0.0571. The number of carbonyl (C=O) groups excluding carboxylic acids is 1. The number of carbonyl (C=O) groups is 1. The lowest BCUT2D eigenvalue weighted by Gasteiger charge is -2.15. The zero-order valence-corrected chi connectivity index (χ0v) is 13.9. The van der Waals surface area contributed by atoms with Gasteiger partial charge in [-0.15, -0.1) is 0 Å². The van der Waals surface area contributed by atoms with Crippen LogP contribution in [0.3, 0.4) is 0 Å². The Hall–Kier alpha value is -2.13. The van der Waals surface area contributed by atoms with Gasteiger partial charge in [0, 0.05) is 24.1 Å². The summed E-state index contributed by atoms with van der Waals surface area (Å²) in [4.78, 5) is 15.0. The summed E-state index contributed by atoms with van der Waals surface area (Å²) in [5.41, 5.74) is 3.34. The van der Waals surface area contributed by atoms with Crippen LogP contribution in [-0.2, 0) is 6.54 Å². The first-order valence-corrected chi connectivity index (χ1v) is 8.97. The van der Waals surface area contributed by atoms with Crippen LogP contribution in [0.15, 0.2) is 54.6 Å². The van der Waals surface area contributed by atoms with Gasteiger partial charge in [0.25, 0.3) is 5.91 Å². The summed E-state index contributed by atoms with van der Waals surface area (Å²) >= 11 is 0. The van der Waals surface area contributed by atoms with E-state index in [1.54, 1.807) is 0 Å².